The fourth-order valence-corrected chi connectivity index (χ4v) is 3.07. The third-order valence-corrected chi connectivity index (χ3v) is 4.56. The summed E-state index contributed by atoms with van der Waals surface area (Å²) in [5, 5.41) is 0. The molecule has 0 radical (unpaired) electrons. The zero-order chi connectivity index (χ0) is 19.7. The maximum Gasteiger partial charge on any atom is 0.218 e. The fourth-order valence-electron chi connectivity index (χ4n) is 3.07. The first-order valence-corrected chi connectivity index (χ1v) is 9.71. The van der Waals surface area contributed by atoms with Crippen LogP contribution in [0.3, 0.4) is 0 Å². The first-order valence-electron chi connectivity index (χ1n) is 9.71. The maximum absolute atomic E-state index is 6.02. The number of aryl methyl sites for hydroxylation is 2. The van der Waals surface area contributed by atoms with Gasteiger partial charge in [-0.15, -0.1) is 0 Å². The van der Waals surface area contributed by atoms with Crippen LogP contribution in [0.15, 0.2) is 84.0 Å². The number of imidazole rings is 1. The largest absolute Gasteiger partial charge is 0.487 e. The number of aromatic nitrogens is 3. The average Bonchev–Trinajstić information content (AvgIpc) is 3.44. The molecule has 0 saturated heterocycles. The molecule has 0 aliphatic rings. The molecule has 2 heterocycles. The number of rotatable bonds is 9. The summed E-state index contributed by atoms with van der Waals surface area (Å²) >= 11 is 0. The highest BCUT2D eigenvalue weighted by Crippen LogP contribution is 2.21. The van der Waals surface area contributed by atoms with E-state index < -0.39 is 0 Å². The number of benzene rings is 2. The van der Waals surface area contributed by atoms with Gasteiger partial charge in [-0.25, -0.2) is 9.97 Å². The number of hydrogen-bond donors (Lipinski definition) is 0. The van der Waals surface area contributed by atoms with E-state index in [0.29, 0.717) is 12.5 Å². The van der Waals surface area contributed by atoms with Gasteiger partial charge < -0.3 is 13.7 Å². The minimum absolute atomic E-state index is 0.376. The quantitative estimate of drug-likeness (QED) is 0.395. The van der Waals surface area contributed by atoms with E-state index in [4.69, 9.17) is 9.15 Å². The van der Waals surface area contributed by atoms with E-state index in [-0.39, 0.29) is 0 Å². The van der Waals surface area contributed by atoms with Gasteiger partial charge in [-0.1, -0.05) is 48.5 Å². The van der Waals surface area contributed by atoms with Crippen LogP contribution in [0.1, 0.15) is 29.1 Å². The highest BCUT2D eigenvalue weighted by Gasteiger charge is 2.06. The van der Waals surface area contributed by atoms with E-state index in [9.17, 15) is 0 Å². The first kappa shape index (κ1) is 18.7. The lowest BCUT2D eigenvalue weighted by atomic mass is 10.1. The van der Waals surface area contributed by atoms with Crippen molar-refractivity contribution in [1.82, 2.24) is 14.5 Å². The Labute approximate surface area is 170 Å². The van der Waals surface area contributed by atoms with Crippen LogP contribution >= 0.6 is 0 Å². The normalized spacial score (nSPS) is 11.2. The summed E-state index contributed by atoms with van der Waals surface area (Å²) in [4.78, 5) is 8.56. The van der Waals surface area contributed by atoms with Gasteiger partial charge in [0.05, 0.1) is 6.33 Å². The number of nitrogens with zero attached hydrogens (tertiary/aromatic N) is 3. The highest BCUT2D eigenvalue weighted by atomic mass is 16.5. The van der Waals surface area contributed by atoms with Crippen molar-refractivity contribution in [3.8, 4) is 5.75 Å². The van der Waals surface area contributed by atoms with Crippen molar-refractivity contribution in [3.05, 3.63) is 102 Å². The molecule has 0 aliphatic carbocycles. The first-order chi connectivity index (χ1) is 14.4. The Bertz CT molecular complexity index is 1040. The molecule has 0 N–H and O–H groups in total. The smallest absolute Gasteiger partial charge is 0.218 e. The Morgan fingerprint density at radius 3 is 2.72 bits per heavy atom. The molecule has 0 saturated carbocycles. The van der Waals surface area contributed by atoms with Crippen LogP contribution in [-0.4, -0.2) is 14.5 Å². The van der Waals surface area contributed by atoms with Gasteiger partial charge in [-0.3, -0.25) is 0 Å². The van der Waals surface area contributed by atoms with Gasteiger partial charge in [0.15, 0.2) is 0 Å². The molecular formula is C24H23N3O2. The molecule has 0 atom stereocenters. The van der Waals surface area contributed by atoms with E-state index in [1.807, 2.05) is 73.2 Å². The lowest BCUT2D eigenvalue weighted by Gasteiger charge is -2.10. The molecule has 5 nitrogen and oxygen atoms in total. The molecule has 4 rings (SSSR count). The minimum atomic E-state index is 0.376. The topological polar surface area (TPSA) is 53.1 Å². The summed E-state index contributed by atoms with van der Waals surface area (Å²) in [5.74, 6) is 1.46. The van der Waals surface area contributed by atoms with Crippen LogP contribution in [0, 0.1) is 0 Å². The highest BCUT2D eigenvalue weighted by molar-refractivity contribution is 5.65. The van der Waals surface area contributed by atoms with Crippen LogP contribution in [-0.2, 0) is 19.6 Å². The van der Waals surface area contributed by atoms with Gasteiger partial charge in [0.1, 0.15) is 24.3 Å². The van der Waals surface area contributed by atoms with Crippen LogP contribution < -0.4 is 4.74 Å². The zero-order valence-electron chi connectivity index (χ0n) is 16.1. The average molecular weight is 385 g/mol. The second kappa shape index (κ2) is 9.55. The molecule has 2 aromatic heterocycles. The third-order valence-electron chi connectivity index (χ3n) is 4.56. The molecule has 29 heavy (non-hydrogen) atoms. The number of hydrogen-bond acceptors (Lipinski definition) is 4. The molecule has 0 bridgehead atoms. The van der Waals surface area contributed by atoms with Crippen LogP contribution in [0.2, 0.25) is 0 Å². The van der Waals surface area contributed by atoms with Gasteiger partial charge >= 0.3 is 0 Å². The van der Waals surface area contributed by atoms with Gasteiger partial charge in [0.25, 0.3) is 0 Å². The number of ether oxygens (including phenoxy) is 1. The van der Waals surface area contributed by atoms with E-state index in [0.717, 1.165) is 36.4 Å². The summed E-state index contributed by atoms with van der Waals surface area (Å²) in [6, 6.07) is 18.2. The van der Waals surface area contributed by atoms with Crippen molar-refractivity contribution in [1.29, 1.82) is 0 Å². The summed E-state index contributed by atoms with van der Waals surface area (Å²) in [6.07, 6.45) is 13.1. The molecule has 0 amide bonds. The summed E-state index contributed by atoms with van der Waals surface area (Å²) in [5.41, 5.74) is 3.07. The van der Waals surface area contributed by atoms with Crippen molar-refractivity contribution >= 4 is 12.2 Å². The molecular weight excluding hydrogens is 362 g/mol. The zero-order valence-corrected chi connectivity index (χ0v) is 16.1. The fraction of sp³-hybridized carbons (Fsp3) is 0.167. The Balaban J connectivity index is 1.32. The predicted octanol–water partition coefficient (Wildman–Crippen LogP) is 5.25. The Hall–Kier alpha value is -3.60. The van der Waals surface area contributed by atoms with Crippen molar-refractivity contribution in [3.63, 3.8) is 0 Å². The van der Waals surface area contributed by atoms with Crippen molar-refractivity contribution in [2.45, 2.75) is 26.0 Å². The van der Waals surface area contributed by atoms with Gasteiger partial charge in [0, 0.05) is 25.0 Å². The summed E-state index contributed by atoms with van der Waals surface area (Å²) < 4.78 is 13.6. The molecule has 4 aromatic rings. The minimum Gasteiger partial charge on any atom is -0.487 e. The predicted molar refractivity (Wildman–Crippen MR) is 113 cm³/mol. The summed E-state index contributed by atoms with van der Waals surface area (Å²) in [7, 11) is 0. The Morgan fingerprint density at radius 2 is 1.86 bits per heavy atom. The Kier molecular flexibility index (Phi) is 6.18. The van der Waals surface area contributed by atoms with E-state index in [2.05, 4.69) is 20.6 Å². The second-order valence-electron chi connectivity index (χ2n) is 6.72. The van der Waals surface area contributed by atoms with E-state index in [1.54, 1.807) is 12.5 Å². The molecule has 2 aromatic carbocycles. The SMILES string of the molecule is C(=C\c1nc(COc2ccccc2CCCn2ccnc2)co1)/c1ccccc1. The van der Waals surface area contributed by atoms with Crippen LogP contribution in [0.25, 0.3) is 12.2 Å². The molecule has 0 fully saturated rings. The Morgan fingerprint density at radius 1 is 1.00 bits per heavy atom. The van der Waals surface area contributed by atoms with Gasteiger partial charge in [0.2, 0.25) is 5.89 Å². The molecule has 0 spiro atoms. The summed E-state index contributed by atoms with van der Waals surface area (Å²) in [6.45, 7) is 1.32. The molecule has 146 valence electrons. The lowest BCUT2D eigenvalue weighted by Crippen LogP contribution is -2.01. The van der Waals surface area contributed by atoms with E-state index in [1.165, 1.54) is 5.56 Å². The van der Waals surface area contributed by atoms with Gasteiger partial charge in [-0.05, 0) is 36.1 Å². The van der Waals surface area contributed by atoms with Gasteiger partial charge in [-0.2, -0.15) is 0 Å². The monoisotopic (exact) mass is 385 g/mol. The van der Waals surface area contributed by atoms with Crippen molar-refractivity contribution in [2.24, 2.45) is 0 Å². The van der Waals surface area contributed by atoms with Crippen molar-refractivity contribution < 1.29 is 9.15 Å². The van der Waals surface area contributed by atoms with Crippen LogP contribution in [0.4, 0.5) is 0 Å². The molecule has 0 aliphatic heterocycles. The standard InChI is InChI=1S/C24H23N3O2/c1-2-7-20(8-3-1)12-13-24-26-22(18-29-24)17-28-23-11-5-4-9-21(23)10-6-15-27-16-14-25-19-27/h1-5,7-9,11-14,16,18-19H,6,10,15,17H2/b13-12+. The maximum atomic E-state index is 6.02. The molecule has 0 unspecified atom stereocenters. The van der Waals surface area contributed by atoms with Crippen molar-refractivity contribution in [2.75, 3.05) is 0 Å². The third kappa shape index (κ3) is 5.45. The number of oxazole rings is 1. The number of para-hydroxylation sites is 1. The second-order valence-corrected chi connectivity index (χ2v) is 6.72. The van der Waals surface area contributed by atoms with Crippen LogP contribution in [0.5, 0.6) is 5.75 Å². The lowest BCUT2D eigenvalue weighted by molar-refractivity contribution is 0.297. The van der Waals surface area contributed by atoms with E-state index >= 15 is 0 Å². The molecule has 5 heteroatoms.